The third-order valence-corrected chi connectivity index (χ3v) is 3.65. The number of aliphatic imine (C=N–C) groups is 1. The maximum Gasteiger partial charge on any atom is 0.161 e. The fraction of sp³-hybridized carbons (Fsp3) is 0.417. The van der Waals surface area contributed by atoms with Crippen molar-refractivity contribution in [3.63, 3.8) is 0 Å². The number of aryl methyl sites for hydroxylation is 1. The number of benzene rings is 1. The van der Waals surface area contributed by atoms with Crippen molar-refractivity contribution in [1.82, 2.24) is 0 Å². The van der Waals surface area contributed by atoms with E-state index in [-0.39, 0.29) is 5.82 Å². The second kappa shape index (κ2) is 4.87. The number of hydrogen-bond donors (Lipinski definition) is 1. The molecule has 1 aliphatic heterocycles. The van der Waals surface area contributed by atoms with E-state index in [4.69, 9.17) is 0 Å². The van der Waals surface area contributed by atoms with Gasteiger partial charge in [0.1, 0.15) is 5.82 Å². The van der Waals surface area contributed by atoms with Crippen molar-refractivity contribution >= 4 is 22.6 Å². The van der Waals surface area contributed by atoms with Crippen molar-refractivity contribution in [1.29, 1.82) is 0 Å². The number of anilines is 1. The highest BCUT2D eigenvalue weighted by atomic mass is 32.2. The standard InChI is InChI=1S/C12H15FN2S/c1-3-10-7-16-12(14-10)15-11-5-4-9(13)6-8(11)2/h4-6,10H,3,7H2,1-2H3,(H,14,15). The summed E-state index contributed by atoms with van der Waals surface area (Å²) in [5.74, 6) is 0.842. The molecule has 2 rings (SSSR count). The second-order valence-corrected chi connectivity index (χ2v) is 4.90. The Labute approximate surface area is 99.3 Å². The van der Waals surface area contributed by atoms with Gasteiger partial charge in [0.2, 0.25) is 0 Å². The van der Waals surface area contributed by atoms with Gasteiger partial charge in [-0.3, -0.25) is 4.99 Å². The zero-order valence-electron chi connectivity index (χ0n) is 9.46. The molecule has 1 atom stereocenters. The largest absolute Gasteiger partial charge is 0.335 e. The van der Waals surface area contributed by atoms with Gasteiger partial charge in [-0.25, -0.2) is 4.39 Å². The van der Waals surface area contributed by atoms with Crippen molar-refractivity contribution in [2.24, 2.45) is 4.99 Å². The Hall–Kier alpha value is -1.03. The number of halogens is 1. The maximum atomic E-state index is 12.9. The smallest absolute Gasteiger partial charge is 0.161 e. The van der Waals surface area contributed by atoms with E-state index in [1.807, 2.05) is 6.92 Å². The Balaban J connectivity index is 2.10. The molecule has 1 heterocycles. The van der Waals surface area contributed by atoms with Gasteiger partial charge in [0.05, 0.1) is 6.04 Å². The number of nitrogens with zero attached hydrogens (tertiary/aromatic N) is 1. The third-order valence-electron chi connectivity index (χ3n) is 2.61. The number of amidine groups is 1. The topological polar surface area (TPSA) is 24.4 Å². The number of rotatable bonds is 2. The first kappa shape index (κ1) is 11.5. The molecule has 1 aromatic carbocycles. The molecule has 0 saturated heterocycles. The van der Waals surface area contributed by atoms with E-state index in [0.717, 1.165) is 28.6 Å². The molecular formula is C12H15FN2S. The zero-order valence-corrected chi connectivity index (χ0v) is 10.3. The van der Waals surface area contributed by atoms with Gasteiger partial charge in [-0.15, -0.1) is 0 Å². The van der Waals surface area contributed by atoms with E-state index < -0.39 is 0 Å². The van der Waals surface area contributed by atoms with Gasteiger partial charge in [-0.1, -0.05) is 18.7 Å². The minimum absolute atomic E-state index is 0.199. The Morgan fingerprint density at radius 2 is 2.38 bits per heavy atom. The molecule has 4 heteroatoms. The summed E-state index contributed by atoms with van der Waals surface area (Å²) in [5, 5.41) is 4.19. The SMILES string of the molecule is CCC1CSC(Nc2ccc(F)cc2C)=N1. The summed E-state index contributed by atoms with van der Waals surface area (Å²) < 4.78 is 12.9. The molecule has 0 bridgehead atoms. The lowest BCUT2D eigenvalue weighted by Gasteiger charge is -2.08. The molecular weight excluding hydrogens is 223 g/mol. The lowest BCUT2D eigenvalue weighted by atomic mass is 10.2. The molecule has 0 fully saturated rings. The van der Waals surface area contributed by atoms with Crippen LogP contribution in [0.2, 0.25) is 0 Å². The molecule has 1 aliphatic rings. The number of thioether (sulfide) groups is 1. The van der Waals surface area contributed by atoms with Gasteiger partial charge in [0.25, 0.3) is 0 Å². The molecule has 1 unspecified atom stereocenters. The summed E-state index contributed by atoms with van der Waals surface area (Å²) >= 11 is 1.73. The van der Waals surface area contributed by atoms with Gasteiger partial charge in [-0.2, -0.15) is 0 Å². The molecule has 2 nitrogen and oxygen atoms in total. The van der Waals surface area contributed by atoms with E-state index in [1.54, 1.807) is 17.8 Å². The van der Waals surface area contributed by atoms with Crippen molar-refractivity contribution in [2.45, 2.75) is 26.3 Å². The summed E-state index contributed by atoms with van der Waals surface area (Å²) in [4.78, 5) is 4.54. The average Bonchev–Trinajstić information content (AvgIpc) is 2.70. The Kier molecular flexibility index (Phi) is 3.49. The average molecular weight is 238 g/mol. The van der Waals surface area contributed by atoms with E-state index >= 15 is 0 Å². The molecule has 0 spiro atoms. The van der Waals surface area contributed by atoms with Crippen molar-refractivity contribution < 1.29 is 4.39 Å². The van der Waals surface area contributed by atoms with Gasteiger partial charge in [0.15, 0.2) is 5.17 Å². The Bertz CT molecular complexity index is 417. The van der Waals surface area contributed by atoms with Crippen LogP contribution in [0, 0.1) is 12.7 Å². The first-order valence-corrected chi connectivity index (χ1v) is 6.41. The lowest BCUT2D eigenvalue weighted by molar-refractivity contribution is 0.627. The van der Waals surface area contributed by atoms with Crippen LogP contribution in [-0.2, 0) is 0 Å². The molecule has 0 aromatic heterocycles. The highest BCUT2D eigenvalue weighted by molar-refractivity contribution is 8.14. The maximum absolute atomic E-state index is 12.9. The van der Waals surface area contributed by atoms with Crippen LogP contribution in [0.5, 0.6) is 0 Å². The van der Waals surface area contributed by atoms with Crippen molar-refractivity contribution in [2.75, 3.05) is 11.1 Å². The zero-order chi connectivity index (χ0) is 11.5. The Morgan fingerprint density at radius 3 is 3.00 bits per heavy atom. The van der Waals surface area contributed by atoms with Crippen LogP contribution in [0.4, 0.5) is 10.1 Å². The fourth-order valence-electron chi connectivity index (χ4n) is 1.58. The van der Waals surface area contributed by atoms with Gasteiger partial charge in [-0.05, 0) is 37.1 Å². The molecule has 16 heavy (non-hydrogen) atoms. The monoisotopic (exact) mass is 238 g/mol. The van der Waals surface area contributed by atoms with Crippen LogP contribution >= 0.6 is 11.8 Å². The Morgan fingerprint density at radius 1 is 1.56 bits per heavy atom. The van der Waals surface area contributed by atoms with Gasteiger partial charge >= 0.3 is 0 Å². The van der Waals surface area contributed by atoms with Crippen LogP contribution in [0.15, 0.2) is 23.2 Å². The molecule has 0 amide bonds. The lowest BCUT2D eigenvalue weighted by Crippen LogP contribution is -2.06. The molecule has 0 aliphatic carbocycles. The first-order chi connectivity index (χ1) is 7.69. The molecule has 86 valence electrons. The highest BCUT2D eigenvalue weighted by Crippen LogP contribution is 2.23. The van der Waals surface area contributed by atoms with Gasteiger partial charge in [0, 0.05) is 11.4 Å². The fourth-order valence-corrected chi connectivity index (χ4v) is 2.64. The third kappa shape index (κ3) is 2.55. The van der Waals surface area contributed by atoms with Crippen LogP contribution in [-0.4, -0.2) is 17.0 Å². The van der Waals surface area contributed by atoms with Crippen LogP contribution in [0.1, 0.15) is 18.9 Å². The predicted molar refractivity (Wildman–Crippen MR) is 68.7 cm³/mol. The van der Waals surface area contributed by atoms with Crippen molar-refractivity contribution in [3.8, 4) is 0 Å². The van der Waals surface area contributed by atoms with Gasteiger partial charge < -0.3 is 5.32 Å². The summed E-state index contributed by atoms with van der Waals surface area (Å²) in [6.07, 6.45) is 1.07. The normalized spacial score (nSPS) is 19.7. The summed E-state index contributed by atoms with van der Waals surface area (Å²) in [6, 6.07) is 5.17. The van der Waals surface area contributed by atoms with E-state index in [9.17, 15) is 4.39 Å². The quantitative estimate of drug-likeness (QED) is 0.853. The molecule has 0 saturated carbocycles. The number of nitrogens with one attached hydrogen (secondary N) is 1. The molecule has 1 aromatic rings. The summed E-state index contributed by atoms with van der Waals surface area (Å²) in [5.41, 5.74) is 1.84. The first-order valence-electron chi connectivity index (χ1n) is 5.43. The minimum atomic E-state index is -0.199. The highest BCUT2D eigenvalue weighted by Gasteiger charge is 2.16. The van der Waals surface area contributed by atoms with Crippen LogP contribution in [0.25, 0.3) is 0 Å². The van der Waals surface area contributed by atoms with Crippen LogP contribution in [0.3, 0.4) is 0 Å². The summed E-state index contributed by atoms with van der Waals surface area (Å²) in [7, 11) is 0. The van der Waals surface area contributed by atoms with Crippen LogP contribution < -0.4 is 5.32 Å². The van der Waals surface area contributed by atoms with E-state index in [0.29, 0.717) is 6.04 Å². The van der Waals surface area contributed by atoms with Crippen molar-refractivity contribution in [3.05, 3.63) is 29.6 Å². The van der Waals surface area contributed by atoms with E-state index in [2.05, 4.69) is 17.2 Å². The molecule has 0 radical (unpaired) electrons. The number of hydrogen-bond acceptors (Lipinski definition) is 3. The summed E-state index contributed by atoms with van der Waals surface area (Å²) in [6.45, 7) is 4.03. The second-order valence-electron chi connectivity index (χ2n) is 3.89. The van der Waals surface area contributed by atoms with E-state index in [1.165, 1.54) is 12.1 Å². The molecule has 1 N–H and O–H groups in total. The predicted octanol–water partition coefficient (Wildman–Crippen LogP) is 3.43. The minimum Gasteiger partial charge on any atom is -0.335 e.